The fraction of sp³-hybridized carbons (Fsp3) is 0.406. The molecule has 0 aliphatic carbocycles. The van der Waals surface area contributed by atoms with E-state index in [2.05, 4.69) is 15.7 Å². The van der Waals surface area contributed by atoms with Gasteiger partial charge in [0.05, 0.1) is 11.9 Å². The molecule has 0 bridgehead atoms. The molecule has 16 heteroatoms. The highest BCUT2D eigenvalue weighted by Crippen LogP contribution is 2.40. The number of fused-ring (bicyclic) bond motifs is 1. The van der Waals surface area contributed by atoms with Gasteiger partial charge in [-0.05, 0) is 65.2 Å². The van der Waals surface area contributed by atoms with Gasteiger partial charge in [-0.3, -0.25) is 14.4 Å². The lowest BCUT2D eigenvalue weighted by Crippen LogP contribution is -2.75. The number of hydrogen-bond acceptors (Lipinski definition) is 8. The molecule has 0 saturated heterocycles. The number of ether oxygens (including phenoxy) is 1. The van der Waals surface area contributed by atoms with E-state index in [9.17, 15) is 33.5 Å². The second-order valence-electron chi connectivity index (χ2n) is 12.5. The third kappa shape index (κ3) is 11.1. The first-order chi connectivity index (χ1) is 22.4. The van der Waals surface area contributed by atoms with Crippen molar-refractivity contribution in [2.75, 3.05) is 6.54 Å². The Balaban J connectivity index is 2.01. The molecule has 2 aromatic carbocycles. The van der Waals surface area contributed by atoms with Crippen LogP contribution in [0, 0.1) is 0 Å². The molecule has 3 rings (SSSR count). The van der Waals surface area contributed by atoms with E-state index < -0.39 is 60.4 Å². The Kier molecular flexibility index (Phi) is 12.8. The highest BCUT2D eigenvalue weighted by molar-refractivity contribution is 7.46. The molecule has 48 heavy (non-hydrogen) atoms. The van der Waals surface area contributed by atoms with Crippen LogP contribution in [-0.2, 0) is 29.9 Å². The van der Waals surface area contributed by atoms with Crippen molar-refractivity contribution in [1.82, 2.24) is 20.9 Å². The van der Waals surface area contributed by atoms with Gasteiger partial charge in [-0.1, -0.05) is 59.3 Å². The largest absolute Gasteiger partial charge is 0.495 e. The number of nitrogens with two attached hydrogens (primary N) is 1. The molecule has 0 aliphatic rings. The maximum absolute atomic E-state index is 14.0. The molecule has 3 aromatic rings. The average Bonchev–Trinajstić information content (AvgIpc) is 2.99. The van der Waals surface area contributed by atoms with Gasteiger partial charge >= 0.3 is 13.9 Å². The summed E-state index contributed by atoms with van der Waals surface area (Å²) in [6.07, 6.45) is -0.482. The zero-order chi connectivity index (χ0) is 35.7. The second-order valence-corrected chi connectivity index (χ2v) is 13.6. The average molecular weight is 688 g/mol. The van der Waals surface area contributed by atoms with Crippen LogP contribution in [0.2, 0.25) is 0 Å². The SMILES string of the molecule is CC(C)[N@@+](CCCCc1ccccc1)(NC(=O)[C@H](CC(N)=O)NC(=O)c1ccc2ccccc2n1)N(OP(=O)(O)O)C(=O)OC(C)(C)C. The second kappa shape index (κ2) is 16.1. The number of pyridine rings is 1. The Morgan fingerprint density at radius 3 is 2.23 bits per heavy atom. The number of aryl methyl sites for hydroxylation is 1. The van der Waals surface area contributed by atoms with Crippen LogP contribution in [-0.4, -0.2) is 72.7 Å². The molecule has 0 radical (unpaired) electrons. The first-order valence-corrected chi connectivity index (χ1v) is 16.9. The van der Waals surface area contributed by atoms with Crippen LogP contribution >= 0.6 is 7.82 Å². The predicted octanol–water partition coefficient (Wildman–Crippen LogP) is 3.66. The van der Waals surface area contributed by atoms with Gasteiger partial charge in [0.2, 0.25) is 5.91 Å². The number of rotatable bonds is 15. The van der Waals surface area contributed by atoms with Crippen LogP contribution in [0.4, 0.5) is 4.79 Å². The van der Waals surface area contributed by atoms with Gasteiger partial charge in [-0.25, -0.2) is 14.3 Å². The quantitative estimate of drug-likeness (QED) is 0.0677. The van der Waals surface area contributed by atoms with Crippen LogP contribution in [0.15, 0.2) is 66.7 Å². The van der Waals surface area contributed by atoms with Crippen LogP contribution in [0.5, 0.6) is 0 Å². The normalized spacial score (nSPS) is 13.8. The predicted molar refractivity (Wildman–Crippen MR) is 176 cm³/mol. The van der Waals surface area contributed by atoms with Crippen LogP contribution in [0.25, 0.3) is 10.9 Å². The van der Waals surface area contributed by atoms with E-state index in [0.29, 0.717) is 30.0 Å². The molecular weight excluding hydrogens is 643 g/mol. The Morgan fingerprint density at radius 2 is 1.62 bits per heavy atom. The van der Waals surface area contributed by atoms with Crippen molar-refractivity contribution in [2.24, 2.45) is 5.73 Å². The van der Waals surface area contributed by atoms with Gasteiger partial charge in [0.1, 0.15) is 29.9 Å². The number of nitrogens with one attached hydrogen (secondary N) is 2. The van der Waals surface area contributed by atoms with Gasteiger partial charge < -0.3 is 25.6 Å². The number of phosphoric acid groups is 1. The topological polar surface area (TPSA) is 210 Å². The molecule has 0 spiro atoms. The molecule has 260 valence electrons. The summed E-state index contributed by atoms with van der Waals surface area (Å²) >= 11 is 0. The minimum Gasteiger partial charge on any atom is -0.439 e. The molecular formula is C32H44N6O9P+. The number of para-hydroxylation sites is 1. The maximum atomic E-state index is 14.0. The molecule has 0 unspecified atom stereocenters. The van der Waals surface area contributed by atoms with Crippen molar-refractivity contribution in [3.8, 4) is 0 Å². The van der Waals surface area contributed by atoms with Crippen molar-refractivity contribution in [2.45, 2.75) is 78.0 Å². The van der Waals surface area contributed by atoms with E-state index in [0.717, 1.165) is 10.9 Å². The van der Waals surface area contributed by atoms with E-state index in [-0.39, 0.29) is 12.2 Å². The van der Waals surface area contributed by atoms with Gasteiger partial charge in [0.15, 0.2) is 0 Å². The summed E-state index contributed by atoms with van der Waals surface area (Å²) in [6, 6.07) is 17.4. The van der Waals surface area contributed by atoms with E-state index in [1.165, 1.54) is 6.07 Å². The van der Waals surface area contributed by atoms with Gasteiger partial charge in [0.25, 0.3) is 11.8 Å². The lowest BCUT2D eigenvalue weighted by molar-refractivity contribution is -1.09. The van der Waals surface area contributed by atoms with Crippen LogP contribution < -0.4 is 16.5 Å². The Labute approximate surface area is 279 Å². The number of quaternary nitrogens is 1. The molecule has 0 aliphatic heterocycles. The zero-order valence-electron chi connectivity index (χ0n) is 27.7. The minimum atomic E-state index is -5.43. The van der Waals surface area contributed by atoms with Gasteiger partial charge in [0, 0.05) is 17.0 Å². The molecule has 1 heterocycles. The van der Waals surface area contributed by atoms with E-state index >= 15 is 0 Å². The van der Waals surface area contributed by atoms with Gasteiger partial charge in [-0.15, -0.1) is 4.62 Å². The number of nitrogens with zero attached hydrogens (tertiary/aromatic N) is 3. The fourth-order valence-corrected chi connectivity index (χ4v) is 5.26. The van der Waals surface area contributed by atoms with Crippen LogP contribution in [0.1, 0.15) is 69.9 Å². The van der Waals surface area contributed by atoms with Crippen molar-refractivity contribution in [1.29, 1.82) is 0 Å². The fourth-order valence-electron chi connectivity index (χ4n) is 4.87. The Bertz CT molecular complexity index is 1640. The number of carbonyl (C=O) groups is 4. The van der Waals surface area contributed by atoms with Crippen LogP contribution in [0.3, 0.4) is 0 Å². The van der Waals surface area contributed by atoms with Crippen molar-refractivity contribution in [3.05, 3.63) is 78.0 Å². The number of hydroxylamine groups is 1. The first kappa shape index (κ1) is 38.1. The molecule has 2 atom stereocenters. The monoisotopic (exact) mass is 687 g/mol. The Morgan fingerprint density at radius 1 is 0.979 bits per heavy atom. The van der Waals surface area contributed by atoms with E-state index in [1.807, 2.05) is 42.5 Å². The standard InChI is InChI=1S/C32H43N6O9P/c1-22(2)38(20-12-11-15-23-13-7-6-8-14-23,37(47-48(43,44)45)31(42)46-32(3,4)5)36-30(41)27(21-28(33)39)35-29(40)26-19-18-24-16-9-10-17-25(24)34-26/h6-10,13-14,16-19,22,27H,11-12,15,20-21H2,1-5H3,(H5-,33,35,36,39,40,41,43,44,45)/p+1/t27-,38-/m0/s1. The molecule has 6 N–H and O–H groups in total. The van der Waals surface area contributed by atoms with Gasteiger partial charge in [-0.2, -0.15) is 5.43 Å². The van der Waals surface area contributed by atoms with E-state index in [4.69, 9.17) is 15.1 Å². The molecule has 15 nitrogen and oxygen atoms in total. The summed E-state index contributed by atoms with van der Waals surface area (Å²) in [4.78, 5) is 77.0. The number of carbonyl (C=O) groups excluding carboxylic acids is 4. The zero-order valence-corrected chi connectivity index (χ0v) is 28.6. The molecule has 0 saturated carbocycles. The highest BCUT2D eigenvalue weighted by atomic mass is 31.2. The van der Waals surface area contributed by atoms with Crippen molar-refractivity contribution in [3.63, 3.8) is 0 Å². The molecule has 4 amide bonds. The molecule has 0 fully saturated rings. The summed E-state index contributed by atoms with van der Waals surface area (Å²) in [5, 5.41) is 3.55. The smallest absolute Gasteiger partial charge is 0.439 e. The highest BCUT2D eigenvalue weighted by Gasteiger charge is 2.51. The number of hydrogen-bond donors (Lipinski definition) is 5. The summed E-state index contributed by atoms with van der Waals surface area (Å²) in [6.45, 7) is 7.67. The third-order valence-corrected chi connectivity index (χ3v) is 7.50. The lowest BCUT2D eigenvalue weighted by Gasteiger charge is -2.45. The summed E-state index contributed by atoms with van der Waals surface area (Å²) in [5.41, 5.74) is 8.46. The minimum absolute atomic E-state index is 0.0401. The number of aromatic nitrogens is 1. The van der Waals surface area contributed by atoms with Crippen molar-refractivity contribution >= 4 is 42.5 Å². The summed E-state index contributed by atoms with van der Waals surface area (Å²) in [7, 11) is -5.43. The van der Waals surface area contributed by atoms with Crippen molar-refractivity contribution < 1.29 is 47.6 Å². The third-order valence-electron chi connectivity index (χ3n) is 7.13. The lowest BCUT2D eigenvalue weighted by atomic mass is 10.1. The number of unbranched alkanes of at least 4 members (excludes halogenated alkanes) is 1. The first-order valence-electron chi connectivity index (χ1n) is 15.4. The number of benzene rings is 2. The number of amides is 4. The maximum Gasteiger partial charge on any atom is 0.495 e. The summed E-state index contributed by atoms with van der Waals surface area (Å²) < 4.78 is 21.6. The Hall–Kier alpha value is -4.40. The van der Waals surface area contributed by atoms with E-state index in [1.54, 1.807) is 52.8 Å². The summed E-state index contributed by atoms with van der Waals surface area (Å²) in [5.74, 6) is -2.71. The number of primary amides is 1. The molecule has 1 aromatic heterocycles.